The quantitative estimate of drug-likeness (QED) is 0.317. The van der Waals surface area contributed by atoms with Crippen LogP contribution in [0.3, 0.4) is 0 Å². The molecule has 0 aliphatic heterocycles. The number of hydrogen-bond acceptors (Lipinski definition) is 7. The van der Waals surface area contributed by atoms with E-state index in [9.17, 15) is 28.1 Å². The fourth-order valence-corrected chi connectivity index (χ4v) is 3.28. The first kappa shape index (κ1) is 22.9. The predicted molar refractivity (Wildman–Crippen MR) is 114 cm³/mol. The van der Waals surface area contributed by atoms with Crippen LogP contribution in [0.15, 0.2) is 48.8 Å². The fourth-order valence-electron chi connectivity index (χ4n) is 3.09. The second kappa shape index (κ2) is 8.59. The largest absolute Gasteiger partial charge is 0.497 e. The number of halogens is 4. The number of anilines is 1. The summed E-state index contributed by atoms with van der Waals surface area (Å²) in [4.78, 5) is 34.3. The number of benzene rings is 2. The lowest BCUT2D eigenvalue weighted by Crippen LogP contribution is -2.16. The van der Waals surface area contributed by atoms with Crippen molar-refractivity contribution in [1.82, 2.24) is 19.5 Å². The minimum atomic E-state index is -4.79. The number of imidazole rings is 1. The Morgan fingerprint density at radius 2 is 1.94 bits per heavy atom. The average molecular weight is 493 g/mol. The van der Waals surface area contributed by atoms with Crippen LogP contribution < -0.4 is 10.1 Å². The first-order valence-electron chi connectivity index (χ1n) is 9.30. The van der Waals surface area contributed by atoms with E-state index >= 15 is 0 Å². The van der Waals surface area contributed by atoms with Crippen LogP contribution in [-0.4, -0.2) is 37.5 Å². The summed E-state index contributed by atoms with van der Waals surface area (Å²) in [7, 11) is 1.38. The van der Waals surface area contributed by atoms with Crippen molar-refractivity contribution in [3.63, 3.8) is 0 Å². The van der Waals surface area contributed by atoms with Gasteiger partial charge in [-0.05, 0) is 24.3 Å². The highest BCUT2D eigenvalue weighted by Gasteiger charge is 2.38. The maximum absolute atomic E-state index is 13.6. The number of nitro benzene ring substituents is 1. The van der Waals surface area contributed by atoms with E-state index in [1.54, 1.807) is 0 Å². The van der Waals surface area contributed by atoms with Gasteiger partial charge in [-0.15, -0.1) is 0 Å². The second-order valence-corrected chi connectivity index (χ2v) is 7.17. The molecule has 34 heavy (non-hydrogen) atoms. The standard InChI is InChI=1S/C20H12ClF3N6O4/c1-34-11-3-5-14-13(7-11)27-19(20(22,23)24)29(14)17-9-25-16(8-26-17)28-18(31)10-2-4-12(21)15(6-10)30(32)33/h2-9H,1H3,(H,25,28,31). The van der Waals surface area contributed by atoms with E-state index in [1.165, 1.54) is 37.4 Å². The van der Waals surface area contributed by atoms with Gasteiger partial charge in [0.1, 0.15) is 10.8 Å². The van der Waals surface area contributed by atoms with Crippen molar-refractivity contribution in [3.05, 3.63) is 75.3 Å². The Morgan fingerprint density at radius 1 is 1.18 bits per heavy atom. The van der Waals surface area contributed by atoms with Gasteiger partial charge in [0.25, 0.3) is 11.6 Å². The van der Waals surface area contributed by atoms with E-state index < -0.39 is 28.5 Å². The van der Waals surface area contributed by atoms with Gasteiger partial charge in [-0.25, -0.2) is 15.0 Å². The molecule has 1 amide bonds. The molecule has 0 saturated carbocycles. The van der Waals surface area contributed by atoms with Gasteiger partial charge in [0.2, 0.25) is 5.82 Å². The van der Waals surface area contributed by atoms with Crippen LogP contribution in [0.4, 0.5) is 24.7 Å². The number of rotatable bonds is 5. The normalized spacial score (nSPS) is 11.4. The van der Waals surface area contributed by atoms with Crippen LogP contribution in [0.5, 0.6) is 5.75 Å². The molecule has 0 aliphatic carbocycles. The number of methoxy groups -OCH3 is 1. The number of fused-ring (bicyclic) bond motifs is 1. The summed E-state index contributed by atoms with van der Waals surface area (Å²) in [5.41, 5.74) is -0.377. The van der Waals surface area contributed by atoms with Crippen LogP contribution in [0.25, 0.3) is 16.9 Å². The molecule has 0 fully saturated rings. The molecular weight excluding hydrogens is 481 g/mol. The molecule has 10 nitrogen and oxygen atoms in total. The summed E-state index contributed by atoms with van der Waals surface area (Å²) in [6, 6.07) is 7.69. The summed E-state index contributed by atoms with van der Waals surface area (Å²) in [6.45, 7) is 0. The average Bonchev–Trinajstić information content (AvgIpc) is 3.19. The van der Waals surface area contributed by atoms with Crippen LogP contribution in [0.2, 0.25) is 5.02 Å². The van der Waals surface area contributed by atoms with Crippen LogP contribution >= 0.6 is 11.6 Å². The van der Waals surface area contributed by atoms with Gasteiger partial charge in [-0.2, -0.15) is 13.2 Å². The Bertz CT molecular complexity index is 1420. The van der Waals surface area contributed by atoms with E-state index in [-0.39, 0.29) is 33.3 Å². The summed E-state index contributed by atoms with van der Waals surface area (Å²) in [5.74, 6) is -1.92. The number of hydrogen-bond donors (Lipinski definition) is 1. The molecule has 0 aliphatic rings. The molecule has 14 heteroatoms. The zero-order chi connectivity index (χ0) is 24.6. The lowest BCUT2D eigenvalue weighted by Gasteiger charge is -2.11. The zero-order valence-corrected chi connectivity index (χ0v) is 17.8. The van der Waals surface area contributed by atoms with E-state index in [0.717, 1.165) is 23.0 Å². The van der Waals surface area contributed by atoms with Crippen molar-refractivity contribution < 1.29 is 27.6 Å². The van der Waals surface area contributed by atoms with Gasteiger partial charge < -0.3 is 10.1 Å². The molecule has 2 heterocycles. The molecule has 2 aromatic heterocycles. The molecule has 0 bridgehead atoms. The molecule has 4 aromatic rings. The van der Waals surface area contributed by atoms with Gasteiger partial charge in [-0.3, -0.25) is 19.5 Å². The lowest BCUT2D eigenvalue weighted by atomic mass is 10.2. The predicted octanol–water partition coefficient (Wildman–Crippen LogP) is 4.66. The van der Waals surface area contributed by atoms with E-state index in [0.29, 0.717) is 5.75 Å². The Labute approximate surface area is 193 Å². The van der Waals surface area contributed by atoms with Crippen molar-refractivity contribution in [2.24, 2.45) is 0 Å². The van der Waals surface area contributed by atoms with Gasteiger partial charge in [0.05, 0.1) is 35.5 Å². The van der Waals surface area contributed by atoms with Gasteiger partial charge in [0, 0.05) is 17.7 Å². The van der Waals surface area contributed by atoms with Gasteiger partial charge in [0.15, 0.2) is 11.6 Å². The molecule has 0 spiro atoms. The van der Waals surface area contributed by atoms with Gasteiger partial charge in [-0.1, -0.05) is 11.6 Å². The third-order valence-electron chi connectivity index (χ3n) is 4.63. The minimum absolute atomic E-state index is 0.0372. The number of aromatic nitrogens is 4. The number of nitro groups is 1. The first-order chi connectivity index (χ1) is 16.1. The molecule has 174 valence electrons. The second-order valence-electron chi connectivity index (χ2n) is 6.76. The van der Waals surface area contributed by atoms with E-state index in [4.69, 9.17) is 16.3 Å². The Kier molecular flexibility index (Phi) is 5.79. The third kappa shape index (κ3) is 4.32. The van der Waals surface area contributed by atoms with Crippen molar-refractivity contribution in [1.29, 1.82) is 0 Å². The third-order valence-corrected chi connectivity index (χ3v) is 4.95. The maximum atomic E-state index is 13.6. The molecule has 0 radical (unpaired) electrons. The molecule has 0 unspecified atom stereocenters. The lowest BCUT2D eigenvalue weighted by molar-refractivity contribution is -0.384. The topological polar surface area (TPSA) is 125 Å². The minimum Gasteiger partial charge on any atom is -0.497 e. The highest BCUT2D eigenvalue weighted by Crippen LogP contribution is 2.34. The monoisotopic (exact) mass is 492 g/mol. The Morgan fingerprint density at radius 3 is 2.56 bits per heavy atom. The molecule has 2 aromatic carbocycles. The van der Waals surface area contributed by atoms with E-state index in [2.05, 4.69) is 20.3 Å². The zero-order valence-electron chi connectivity index (χ0n) is 17.0. The van der Waals surface area contributed by atoms with E-state index in [1.807, 2.05) is 0 Å². The summed E-state index contributed by atoms with van der Waals surface area (Å²) >= 11 is 5.74. The van der Waals surface area contributed by atoms with Crippen molar-refractivity contribution in [3.8, 4) is 11.6 Å². The van der Waals surface area contributed by atoms with Crippen molar-refractivity contribution in [2.75, 3.05) is 12.4 Å². The van der Waals surface area contributed by atoms with Crippen LogP contribution in [-0.2, 0) is 6.18 Å². The summed E-state index contributed by atoms with van der Waals surface area (Å²) in [6.07, 6.45) is -2.71. The molecule has 0 saturated heterocycles. The Hall–Kier alpha value is -4.26. The highest BCUT2D eigenvalue weighted by atomic mass is 35.5. The number of alkyl halides is 3. The summed E-state index contributed by atoms with van der Waals surface area (Å²) in [5, 5.41) is 13.2. The van der Waals surface area contributed by atoms with Crippen LogP contribution in [0, 0.1) is 10.1 Å². The molecule has 4 rings (SSSR count). The van der Waals surface area contributed by atoms with Crippen molar-refractivity contribution in [2.45, 2.75) is 6.18 Å². The smallest absolute Gasteiger partial charge is 0.450 e. The number of ether oxygens (including phenoxy) is 1. The molecule has 1 N–H and O–H groups in total. The molecular formula is C20H12ClF3N6O4. The highest BCUT2D eigenvalue weighted by molar-refractivity contribution is 6.32. The number of carbonyl (C=O) groups excluding carboxylic acids is 1. The van der Waals surface area contributed by atoms with Crippen LogP contribution in [0.1, 0.15) is 16.2 Å². The summed E-state index contributed by atoms with van der Waals surface area (Å²) < 4.78 is 46.7. The first-order valence-corrected chi connectivity index (χ1v) is 9.67. The number of nitrogens with one attached hydrogen (secondary N) is 1. The number of amides is 1. The Balaban J connectivity index is 1.66. The fraction of sp³-hybridized carbons (Fsp3) is 0.100. The number of nitrogens with zero attached hydrogens (tertiary/aromatic N) is 5. The maximum Gasteiger partial charge on any atom is 0.450 e. The molecule has 0 atom stereocenters. The SMILES string of the molecule is COc1ccc2c(c1)nc(C(F)(F)F)n2-c1cnc(NC(=O)c2ccc(Cl)c([N+](=O)[O-])c2)cn1. The van der Waals surface area contributed by atoms with Gasteiger partial charge >= 0.3 is 6.18 Å². The van der Waals surface area contributed by atoms with Crippen molar-refractivity contribution >= 4 is 40.0 Å². The number of carbonyl (C=O) groups is 1.